The predicted molar refractivity (Wildman–Crippen MR) is 125 cm³/mol. The van der Waals surface area contributed by atoms with E-state index < -0.39 is 0 Å². The van der Waals surface area contributed by atoms with Gasteiger partial charge in [-0.3, -0.25) is 4.79 Å². The molecule has 2 aromatic carbocycles. The average molecular weight is 461 g/mol. The molecule has 8 nitrogen and oxygen atoms in total. The summed E-state index contributed by atoms with van der Waals surface area (Å²) in [5.74, 6) is 1.42. The lowest BCUT2D eigenvalue weighted by Crippen LogP contribution is -2.25. The van der Waals surface area contributed by atoms with E-state index in [2.05, 4.69) is 25.6 Å². The summed E-state index contributed by atoms with van der Waals surface area (Å²) in [4.78, 5) is 17.3. The number of fused-ring (bicyclic) bond motifs is 1. The highest BCUT2D eigenvalue weighted by Gasteiger charge is 2.33. The Morgan fingerprint density at radius 1 is 1.15 bits per heavy atom. The summed E-state index contributed by atoms with van der Waals surface area (Å²) in [6, 6.07) is 15.1. The molecule has 4 aromatic rings. The fourth-order valence-electron chi connectivity index (χ4n) is 4.08. The van der Waals surface area contributed by atoms with Crippen molar-refractivity contribution in [1.82, 2.24) is 25.0 Å². The van der Waals surface area contributed by atoms with Gasteiger partial charge in [-0.05, 0) is 43.7 Å². The lowest BCUT2D eigenvalue weighted by atomic mass is 9.86. The number of carbonyl (C=O) groups excluding carboxylic acids is 1. The van der Waals surface area contributed by atoms with Gasteiger partial charge in [-0.1, -0.05) is 35.9 Å². The van der Waals surface area contributed by atoms with Crippen molar-refractivity contribution < 1.29 is 9.53 Å². The number of hydrogen-bond donors (Lipinski definition) is 1. The van der Waals surface area contributed by atoms with Crippen LogP contribution in [0.3, 0.4) is 0 Å². The van der Waals surface area contributed by atoms with Crippen LogP contribution in [-0.2, 0) is 4.79 Å². The van der Waals surface area contributed by atoms with E-state index in [0.29, 0.717) is 29.6 Å². The van der Waals surface area contributed by atoms with E-state index in [1.54, 1.807) is 23.0 Å². The molecule has 0 fully saturated rings. The summed E-state index contributed by atoms with van der Waals surface area (Å²) in [5.41, 5.74) is 4.24. The SMILES string of the molecule is CCOc1ccc(C2CC(=O)Nc3c2c(C)nn3-c2nncc(-c3ccc(Cl)cc3)n2)cc1. The fourth-order valence-corrected chi connectivity index (χ4v) is 4.21. The number of rotatable bonds is 5. The molecule has 0 saturated carbocycles. The molecule has 1 unspecified atom stereocenters. The van der Waals surface area contributed by atoms with Crippen LogP contribution in [0.1, 0.15) is 36.1 Å². The largest absolute Gasteiger partial charge is 0.494 e. The average Bonchev–Trinajstić information content (AvgIpc) is 3.16. The molecule has 9 heteroatoms. The monoisotopic (exact) mass is 460 g/mol. The smallest absolute Gasteiger partial charge is 0.272 e. The molecule has 0 spiro atoms. The Kier molecular flexibility index (Phi) is 5.51. The van der Waals surface area contributed by atoms with Crippen molar-refractivity contribution in [2.45, 2.75) is 26.2 Å². The first-order chi connectivity index (χ1) is 16.0. The summed E-state index contributed by atoms with van der Waals surface area (Å²) in [5, 5.41) is 16.5. The summed E-state index contributed by atoms with van der Waals surface area (Å²) < 4.78 is 7.10. The molecular formula is C24H21ClN6O2. The van der Waals surface area contributed by atoms with Crippen LogP contribution >= 0.6 is 11.6 Å². The number of nitrogens with zero attached hydrogens (tertiary/aromatic N) is 5. The molecule has 166 valence electrons. The molecule has 0 radical (unpaired) electrons. The molecule has 0 saturated heterocycles. The molecule has 0 bridgehead atoms. The molecule has 0 aliphatic carbocycles. The molecule has 1 aliphatic heterocycles. The van der Waals surface area contributed by atoms with Crippen LogP contribution in [0.25, 0.3) is 17.2 Å². The van der Waals surface area contributed by atoms with E-state index >= 15 is 0 Å². The minimum atomic E-state index is -0.134. The number of halogens is 1. The van der Waals surface area contributed by atoms with Gasteiger partial charge in [0.05, 0.1) is 24.2 Å². The molecule has 2 aromatic heterocycles. The Morgan fingerprint density at radius 3 is 2.64 bits per heavy atom. The quantitative estimate of drug-likeness (QED) is 0.469. The summed E-state index contributed by atoms with van der Waals surface area (Å²) in [6.45, 7) is 4.47. The van der Waals surface area contributed by atoms with Gasteiger partial charge in [0.25, 0.3) is 5.95 Å². The number of anilines is 1. The topological polar surface area (TPSA) is 94.8 Å². The Morgan fingerprint density at radius 2 is 1.91 bits per heavy atom. The van der Waals surface area contributed by atoms with E-state index in [0.717, 1.165) is 28.1 Å². The Labute approximate surface area is 195 Å². The van der Waals surface area contributed by atoms with Gasteiger partial charge in [-0.25, -0.2) is 4.98 Å². The highest BCUT2D eigenvalue weighted by atomic mass is 35.5. The van der Waals surface area contributed by atoms with Gasteiger partial charge in [-0.2, -0.15) is 14.9 Å². The standard InChI is InChI=1S/C24H21ClN6O2/c1-3-33-18-10-6-15(7-11-18)19-12-21(32)28-23-22(19)14(2)30-31(23)24-27-20(13-26-29-24)16-4-8-17(25)9-5-16/h4-11,13,19H,3,12H2,1-2H3,(H,28,32). The number of benzene rings is 2. The van der Waals surface area contributed by atoms with Gasteiger partial charge in [0, 0.05) is 28.5 Å². The Hall–Kier alpha value is -3.78. The zero-order chi connectivity index (χ0) is 22.9. The van der Waals surface area contributed by atoms with E-state index in [-0.39, 0.29) is 17.8 Å². The summed E-state index contributed by atoms with van der Waals surface area (Å²) in [6.07, 6.45) is 1.91. The third kappa shape index (κ3) is 4.05. The second-order valence-corrected chi connectivity index (χ2v) is 8.15. The van der Waals surface area contributed by atoms with Crippen LogP contribution < -0.4 is 10.1 Å². The van der Waals surface area contributed by atoms with Gasteiger partial charge in [0.1, 0.15) is 11.6 Å². The van der Waals surface area contributed by atoms with Gasteiger partial charge < -0.3 is 10.1 Å². The second-order valence-electron chi connectivity index (χ2n) is 7.71. The van der Waals surface area contributed by atoms with Crippen molar-refractivity contribution in [3.05, 3.63) is 76.6 Å². The number of aryl methyl sites for hydroxylation is 1. The molecule has 1 amide bonds. The Balaban J connectivity index is 1.56. The molecule has 5 rings (SSSR count). The van der Waals surface area contributed by atoms with Crippen LogP contribution in [0.5, 0.6) is 5.75 Å². The van der Waals surface area contributed by atoms with E-state index in [4.69, 9.17) is 16.3 Å². The normalized spacial score (nSPS) is 15.1. The van der Waals surface area contributed by atoms with Crippen molar-refractivity contribution in [3.8, 4) is 23.0 Å². The van der Waals surface area contributed by atoms with Gasteiger partial charge in [-0.15, -0.1) is 5.10 Å². The number of hydrogen-bond acceptors (Lipinski definition) is 6. The fraction of sp³-hybridized carbons (Fsp3) is 0.208. The predicted octanol–water partition coefficient (Wildman–Crippen LogP) is 4.56. The number of nitrogens with one attached hydrogen (secondary N) is 1. The maximum Gasteiger partial charge on any atom is 0.272 e. The van der Waals surface area contributed by atoms with Crippen LogP contribution in [0.4, 0.5) is 5.82 Å². The molecule has 1 N–H and O–H groups in total. The first kappa shape index (κ1) is 21.1. The number of amides is 1. The summed E-state index contributed by atoms with van der Waals surface area (Å²) >= 11 is 6.00. The molecule has 3 heterocycles. The van der Waals surface area contributed by atoms with E-state index in [9.17, 15) is 4.79 Å². The zero-order valence-corrected chi connectivity index (χ0v) is 18.9. The van der Waals surface area contributed by atoms with Crippen LogP contribution in [0.2, 0.25) is 5.02 Å². The third-order valence-corrected chi connectivity index (χ3v) is 5.83. The molecule has 33 heavy (non-hydrogen) atoms. The third-order valence-electron chi connectivity index (χ3n) is 5.57. The zero-order valence-electron chi connectivity index (χ0n) is 18.1. The highest BCUT2D eigenvalue weighted by Crippen LogP contribution is 2.40. The van der Waals surface area contributed by atoms with Crippen LogP contribution in [-0.4, -0.2) is 37.5 Å². The highest BCUT2D eigenvalue weighted by molar-refractivity contribution is 6.30. The maximum atomic E-state index is 12.6. The van der Waals surface area contributed by atoms with Crippen molar-refractivity contribution in [2.24, 2.45) is 0 Å². The van der Waals surface area contributed by atoms with Gasteiger partial charge >= 0.3 is 0 Å². The molecular weight excluding hydrogens is 440 g/mol. The van der Waals surface area contributed by atoms with Crippen molar-refractivity contribution in [2.75, 3.05) is 11.9 Å². The molecule has 1 aliphatic rings. The van der Waals surface area contributed by atoms with Gasteiger partial charge in [0.15, 0.2) is 0 Å². The lowest BCUT2D eigenvalue weighted by Gasteiger charge is -2.24. The number of ether oxygens (including phenoxy) is 1. The van der Waals surface area contributed by atoms with Crippen molar-refractivity contribution in [3.63, 3.8) is 0 Å². The number of aromatic nitrogens is 5. The van der Waals surface area contributed by atoms with Crippen LogP contribution in [0, 0.1) is 6.92 Å². The minimum absolute atomic E-state index is 0.0932. The lowest BCUT2D eigenvalue weighted by molar-refractivity contribution is -0.116. The minimum Gasteiger partial charge on any atom is -0.494 e. The maximum absolute atomic E-state index is 12.6. The van der Waals surface area contributed by atoms with Gasteiger partial charge in [0.2, 0.25) is 5.91 Å². The summed E-state index contributed by atoms with van der Waals surface area (Å²) in [7, 11) is 0. The van der Waals surface area contributed by atoms with Crippen molar-refractivity contribution >= 4 is 23.3 Å². The van der Waals surface area contributed by atoms with E-state index in [1.807, 2.05) is 50.2 Å². The van der Waals surface area contributed by atoms with E-state index in [1.165, 1.54) is 0 Å². The van der Waals surface area contributed by atoms with Crippen LogP contribution in [0.15, 0.2) is 54.7 Å². The molecule has 1 atom stereocenters. The first-order valence-corrected chi connectivity index (χ1v) is 11.0. The second kappa shape index (κ2) is 8.63. The first-order valence-electron chi connectivity index (χ1n) is 10.6. The van der Waals surface area contributed by atoms with Crippen molar-refractivity contribution in [1.29, 1.82) is 0 Å². The Bertz CT molecular complexity index is 1320. The number of carbonyl (C=O) groups is 1.